The Hall–Kier alpha value is -0.570. The van der Waals surface area contributed by atoms with E-state index in [1.54, 1.807) is 0 Å². The first-order valence-electron chi connectivity index (χ1n) is 7.19. The van der Waals surface area contributed by atoms with Crippen LogP contribution >= 0.6 is 0 Å². The predicted octanol–water partition coefficient (Wildman–Crippen LogP) is 1.63. The van der Waals surface area contributed by atoms with Crippen molar-refractivity contribution in [2.24, 2.45) is 17.3 Å². The molecule has 96 valence electrons. The van der Waals surface area contributed by atoms with E-state index in [-0.39, 0.29) is 5.41 Å². The van der Waals surface area contributed by atoms with Crippen molar-refractivity contribution in [3.63, 3.8) is 0 Å². The van der Waals surface area contributed by atoms with Gasteiger partial charge in [0.1, 0.15) is 0 Å². The second kappa shape index (κ2) is 4.27. The summed E-state index contributed by atoms with van der Waals surface area (Å²) in [5.74, 6) is 1.83. The Morgan fingerprint density at radius 1 is 1.35 bits per heavy atom. The number of carbonyl (C=O) groups is 1. The van der Waals surface area contributed by atoms with E-state index >= 15 is 0 Å². The van der Waals surface area contributed by atoms with E-state index in [1.807, 2.05) is 11.9 Å². The molecule has 3 heteroatoms. The highest BCUT2D eigenvalue weighted by Gasteiger charge is 2.51. The largest absolute Gasteiger partial charge is 0.345 e. The minimum absolute atomic E-state index is 0.0398. The fraction of sp³-hybridized carbons (Fsp3) is 0.929. The summed E-state index contributed by atoms with van der Waals surface area (Å²) in [5, 5.41) is 3.46. The van der Waals surface area contributed by atoms with E-state index in [0.29, 0.717) is 11.8 Å². The summed E-state index contributed by atoms with van der Waals surface area (Å²) in [6, 6.07) is 0. The van der Waals surface area contributed by atoms with Crippen LogP contribution in [0.4, 0.5) is 0 Å². The molecule has 0 unspecified atom stereocenters. The second-order valence-electron chi connectivity index (χ2n) is 6.36. The molecule has 1 N–H and O–H groups in total. The molecule has 1 amide bonds. The van der Waals surface area contributed by atoms with Crippen molar-refractivity contribution < 1.29 is 4.79 Å². The van der Waals surface area contributed by atoms with Gasteiger partial charge in [0.05, 0.1) is 5.41 Å². The fourth-order valence-corrected chi connectivity index (χ4v) is 3.82. The topological polar surface area (TPSA) is 32.3 Å². The quantitative estimate of drug-likeness (QED) is 0.808. The Morgan fingerprint density at radius 3 is 2.94 bits per heavy atom. The van der Waals surface area contributed by atoms with Crippen LogP contribution < -0.4 is 5.32 Å². The lowest BCUT2D eigenvalue weighted by Gasteiger charge is -2.39. The van der Waals surface area contributed by atoms with Crippen LogP contribution in [0.25, 0.3) is 0 Å². The zero-order valence-corrected chi connectivity index (χ0v) is 10.9. The predicted molar refractivity (Wildman–Crippen MR) is 67.6 cm³/mol. The molecule has 2 saturated carbocycles. The van der Waals surface area contributed by atoms with Crippen LogP contribution in [0.5, 0.6) is 0 Å². The average molecular weight is 236 g/mol. The van der Waals surface area contributed by atoms with Gasteiger partial charge in [0.25, 0.3) is 0 Å². The van der Waals surface area contributed by atoms with E-state index in [2.05, 4.69) is 5.32 Å². The third kappa shape index (κ3) is 1.99. The molecule has 3 nitrogen and oxygen atoms in total. The molecule has 0 bridgehead atoms. The number of nitrogens with one attached hydrogen (secondary N) is 1. The Labute approximate surface area is 104 Å². The van der Waals surface area contributed by atoms with Crippen LogP contribution in [-0.2, 0) is 4.79 Å². The molecule has 0 spiro atoms. The van der Waals surface area contributed by atoms with E-state index in [0.717, 1.165) is 32.0 Å². The summed E-state index contributed by atoms with van der Waals surface area (Å²) in [6.07, 6.45) is 7.56. The number of hydrogen-bond acceptors (Lipinski definition) is 2. The molecule has 1 aliphatic heterocycles. The minimum Gasteiger partial charge on any atom is -0.345 e. The normalized spacial score (nSPS) is 36.6. The van der Waals surface area contributed by atoms with E-state index < -0.39 is 0 Å². The third-order valence-electron chi connectivity index (χ3n) is 5.04. The van der Waals surface area contributed by atoms with Gasteiger partial charge in [-0.25, -0.2) is 0 Å². The molecule has 0 radical (unpaired) electrons. The van der Waals surface area contributed by atoms with Gasteiger partial charge in [-0.3, -0.25) is 4.79 Å². The number of amides is 1. The Kier molecular flexibility index (Phi) is 2.89. The molecule has 2 atom stereocenters. The van der Waals surface area contributed by atoms with Gasteiger partial charge in [-0.2, -0.15) is 0 Å². The molecule has 0 aromatic heterocycles. The minimum atomic E-state index is -0.0398. The lowest BCUT2D eigenvalue weighted by atomic mass is 9.67. The molecule has 0 aromatic carbocycles. The van der Waals surface area contributed by atoms with Crippen LogP contribution in [0.2, 0.25) is 0 Å². The molecule has 17 heavy (non-hydrogen) atoms. The van der Waals surface area contributed by atoms with Gasteiger partial charge in [-0.05, 0) is 44.1 Å². The van der Waals surface area contributed by atoms with E-state index in [1.165, 1.54) is 32.1 Å². The van der Waals surface area contributed by atoms with Crippen molar-refractivity contribution in [1.29, 1.82) is 0 Å². The molecular formula is C14H24N2O. The van der Waals surface area contributed by atoms with Gasteiger partial charge in [0.2, 0.25) is 5.91 Å². The molecule has 2 aliphatic carbocycles. The average Bonchev–Trinajstić information content (AvgIpc) is 3.04. The molecule has 1 saturated heterocycles. The van der Waals surface area contributed by atoms with E-state index in [4.69, 9.17) is 0 Å². The van der Waals surface area contributed by atoms with Crippen molar-refractivity contribution in [3.05, 3.63) is 0 Å². The monoisotopic (exact) mass is 236 g/mol. The summed E-state index contributed by atoms with van der Waals surface area (Å²) in [4.78, 5) is 14.8. The zero-order chi connectivity index (χ0) is 11.9. The van der Waals surface area contributed by atoms with Crippen LogP contribution in [-0.4, -0.2) is 37.5 Å². The third-order valence-corrected chi connectivity index (χ3v) is 5.04. The highest BCUT2D eigenvalue weighted by molar-refractivity contribution is 5.83. The van der Waals surface area contributed by atoms with Crippen molar-refractivity contribution in [1.82, 2.24) is 10.2 Å². The maximum atomic E-state index is 12.8. The second-order valence-corrected chi connectivity index (χ2v) is 6.36. The molecule has 3 rings (SSSR count). The molecule has 3 fully saturated rings. The lowest BCUT2D eigenvalue weighted by molar-refractivity contribution is -0.144. The number of rotatable bonds is 3. The number of nitrogens with zero attached hydrogens (tertiary/aromatic N) is 1. The maximum absolute atomic E-state index is 12.8. The molecule has 3 aliphatic rings. The zero-order valence-electron chi connectivity index (χ0n) is 10.9. The summed E-state index contributed by atoms with van der Waals surface area (Å²) in [6.45, 7) is 2.97. The van der Waals surface area contributed by atoms with Gasteiger partial charge >= 0.3 is 0 Å². The SMILES string of the molecule is CN(CC1CC1)C(=O)[C@@]12CCCC[C@H]1CNC2. The summed E-state index contributed by atoms with van der Waals surface area (Å²) in [7, 11) is 2.01. The van der Waals surface area contributed by atoms with Gasteiger partial charge in [-0.1, -0.05) is 12.8 Å². The fourth-order valence-electron chi connectivity index (χ4n) is 3.82. The standard InChI is InChI=1S/C14H24N2O/c1-16(9-11-5-6-11)13(17)14-7-3-2-4-12(14)8-15-10-14/h11-12,15H,2-10H2,1H3/t12-,14+/m0/s1. The summed E-state index contributed by atoms with van der Waals surface area (Å²) >= 11 is 0. The van der Waals surface area contributed by atoms with Gasteiger partial charge in [0, 0.05) is 20.1 Å². The van der Waals surface area contributed by atoms with Crippen molar-refractivity contribution in [3.8, 4) is 0 Å². The van der Waals surface area contributed by atoms with Gasteiger partial charge < -0.3 is 10.2 Å². The Balaban J connectivity index is 1.72. The van der Waals surface area contributed by atoms with E-state index in [9.17, 15) is 4.79 Å². The first kappa shape index (κ1) is 11.5. The molecule has 1 heterocycles. The molecule has 0 aromatic rings. The summed E-state index contributed by atoms with van der Waals surface area (Å²) < 4.78 is 0. The van der Waals surface area contributed by atoms with Crippen molar-refractivity contribution in [2.75, 3.05) is 26.7 Å². The number of hydrogen-bond donors (Lipinski definition) is 1. The van der Waals surface area contributed by atoms with Gasteiger partial charge in [0.15, 0.2) is 0 Å². The first-order valence-corrected chi connectivity index (χ1v) is 7.19. The Morgan fingerprint density at radius 2 is 2.18 bits per heavy atom. The highest BCUT2D eigenvalue weighted by atomic mass is 16.2. The first-order chi connectivity index (χ1) is 8.22. The number of fused-ring (bicyclic) bond motifs is 1. The van der Waals surface area contributed by atoms with Crippen LogP contribution in [0, 0.1) is 17.3 Å². The Bertz CT molecular complexity index is 313. The van der Waals surface area contributed by atoms with Crippen LogP contribution in [0.3, 0.4) is 0 Å². The summed E-state index contributed by atoms with van der Waals surface area (Å²) in [5.41, 5.74) is -0.0398. The van der Waals surface area contributed by atoms with Crippen LogP contribution in [0.15, 0.2) is 0 Å². The van der Waals surface area contributed by atoms with Crippen molar-refractivity contribution in [2.45, 2.75) is 38.5 Å². The van der Waals surface area contributed by atoms with Crippen molar-refractivity contribution >= 4 is 5.91 Å². The van der Waals surface area contributed by atoms with Crippen LogP contribution in [0.1, 0.15) is 38.5 Å². The maximum Gasteiger partial charge on any atom is 0.230 e. The highest BCUT2D eigenvalue weighted by Crippen LogP contribution is 2.45. The molecular weight excluding hydrogens is 212 g/mol. The van der Waals surface area contributed by atoms with Gasteiger partial charge in [-0.15, -0.1) is 0 Å². The smallest absolute Gasteiger partial charge is 0.230 e. The number of carbonyl (C=O) groups excluding carboxylic acids is 1. The lowest BCUT2D eigenvalue weighted by Crippen LogP contribution is -2.48.